The Hall–Kier alpha value is -1.41. The predicted molar refractivity (Wildman–Crippen MR) is 90.7 cm³/mol. The van der Waals surface area contributed by atoms with Gasteiger partial charge in [-0.25, -0.2) is 0 Å². The van der Waals surface area contributed by atoms with Crippen LogP contribution in [0, 0.1) is 0 Å². The average Bonchev–Trinajstić information content (AvgIpc) is 2.49. The summed E-state index contributed by atoms with van der Waals surface area (Å²) in [6, 6.07) is 17.9. The summed E-state index contributed by atoms with van der Waals surface area (Å²) in [6.45, 7) is 4.42. The largest absolute Gasteiger partial charge is 0.379 e. The zero-order chi connectivity index (χ0) is 14.4. The van der Waals surface area contributed by atoms with Gasteiger partial charge in [0.15, 0.2) is 0 Å². The smallest absolute Gasteiger partial charge is 0.0485 e. The van der Waals surface area contributed by atoms with Gasteiger partial charge in [0.05, 0.1) is 0 Å². The first-order valence-corrected chi connectivity index (χ1v) is 8.45. The highest BCUT2D eigenvalue weighted by atomic mass is 32.2. The van der Waals surface area contributed by atoms with E-state index in [1.165, 1.54) is 28.1 Å². The SMILES string of the molecule is CCCc1ccc(NC(C)c2ccc(SC)cc2)cc1. The van der Waals surface area contributed by atoms with Crippen molar-refractivity contribution >= 4 is 17.4 Å². The summed E-state index contributed by atoms with van der Waals surface area (Å²) in [5.74, 6) is 0. The predicted octanol–water partition coefficient (Wildman–Crippen LogP) is 5.53. The van der Waals surface area contributed by atoms with Crippen molar-refractivity contribution in [1.82, 2.24) is 0 Å². The number of benzene rings is 2. The molecular formula is C18H23NS. The average molecular weight is 285 g/mol. The lowest BCUT2D eigenvalue weighted by Crippen LogP contribution is -2.06. The number of hydrogen-bond acceptors (Lipinski definition) is 2. The summed E-state index contributed by atoms with van der Waals surface area (Å²) in [7, 11) is 0. The molecule has 0 heterocycles. The zero-order valence-corrected chi connectivity index (χ0v) is 13.3. The number of rotatable bonds is 6. The second-order valence-corrected chi connectivity index (χ2v) is 5.97. The minimum atomic E-state index is 0.322. The van der Waals surface area contributed by atoms with Crippen molar-refractivity contribution in [2.75, 3.05) is 11.6 Å². The molecule has 0 bridgehead atoms. The van der Waals surface area contributed by atoms with Crippen LogP contribution in [0.15, 0.2) is 53.4 Å². The van der Waals surface area contributed by atoms with Crippen LogP contribution < -0.4 is 5.32 Å². The molecule has 0 aliphatic carbocycles. The Morgan fingerprint density at radius 3 is 2.20 bits per heavy atom. The van der Waals surface area contributed by atoms with E-state index in [1.807, 2.05) is 0 Å². The zero-order valence-electron chi connectivity index (χ0n) is 12.5. The molecule has 0 radical (unpaired) electrons. The molecule has 0 spiro atoms. The molecule has 1 atom stereocenters. The molecule has 0 aliphatic heterocycles. The Labute approximate surface area is 126 Å². The molecule has 0 saturated carbocycles. The van der Waals surface area contributed by atoms with Crippen molar-refractivity contribution in [1.29, 1.82) is 0 Å². The number of hydrogen-bond donors (Lipinski definition) is 1. The fourth-order valence-electron chi connectivity index (χ4n) is 2.28. The van der Waals surface area contributed by atoms with Gasteiger partial charge in [0, 0.05) is 16.6 Å². The Morgan fingerprint density at radius 1 is 1.00 bits per heavy atom. The summed E-state index contributed by atoms with van der Waals surface area (Å²) in [5, 5.41) is 3.56. The summed E-state index contributed by atoms with van der Waals surface area (Å²) in [4.78, 5) is 1.31. The van der Waals surface area contributed by atoms with Crippen molar-refractivity contribution < 1.29 is 0 Å². The molecule has 0 aromatic heterocycles. The molecule has 0 saturated heterocycles. The van der Waals surface area contributed by atoms with E-state index in [0.717, 1.165) is 6.42 Å². The molecule has 1 unspecified atom stereocenters. The number of aryl methyl sites for hydroxylation is 1. The second kappa shape index (κ2) is 7.39. The van der Waals surface area contributed by atoms with Crippen molar-refractivity contribution in [3.63, 3.8) is 0 Å². The van der Waals surface area contributed by atoms with Gasteiger partial charge < -0.3 is 5.32 Å². The van der Waals surface area contributed by atoms with Gasteiger partial charge in [-0.2, -0.15) is 0 Å². The normalized spacial score (nSPS) is 12.2. The van der Waals surface area contributed by atoms with Crippen LogP contribution >= 0.6 is 11.8 Å². The maximum Gasteiger partial charge on any atom is 0.0485 e. The van der Waals surface area contributed by atoms with Crippen LogP contribution in [0.1, 0.15) is 37.4 Å². The van der Waals surface area contributed by atoms with E-state index >= 15 is 0 Å². The molecule has 0 aliphatic rings. The molecule has 20 heavy (non-hydrogen) atoms. The summed E-state index contributed by atoms with van der Waals surface area (Å²) >= 11 is 1.78. The number of thioether (sulfide) groups is 1. The first-order chi connectivity index (χ1) is 9.72. The van der Waals surface area contributed by atoms with E-state index in [2.05, 4.69) is 74.0 Å². The standard InChI is InChI=1S/C18H23NS/c1-4-5-15-6-10-17(11-7-15)19-14(2)16-8-12-18(20-3)13-9-16/h6-14,19H,4-5H2,1-3H3. The van der Waals surface area contributed by atoms with E-state index in [9.17, 15) is 0 Å². The van der Waals surface area contributed by atoms with Crippen LogP contribution in [0.25, 0.3) is 0 Å². The highest BCUT2D eigenvalue weighted by molar-refractivity contribution is 7.98. The lowest BCUT2D eigenvalue weighted by molar-refractivity contribution is 0.881. The van der Waals surface area contributed by atoms with Gasteiger partial charge in [-0.15, -0.1) is 11.8 Å². The summed E-state index contributed by atoms with van der Waals surface area (Å²) in [5.41, 5.74) is 3.92. The monoisotopic (exact) mass is 285 g/mol. The molecule has 0 fully saturated rings. The first kappa shape index (κ1) is 15.0. The molecule has 2 aromatic carbocycles. The molecular weight excluding hydrogens is 262 g/mol. The quantitative estimate of drug-likeness (QED) is 0.700. The van der Waals surface area contributed by atoms with Gasteiger partial charge in [-0.1, -0.05) is 37.6 Å². The van der Waals surface area contributed by atoms with Gasteiger partial charge in [0.1, 0.15) is 0 Å². The van der Waals surface area contributed by atoms with Gasteiger partial charge in [0.25, 0.3) is 0 Å². The number of nitrogens with one attached hydrogen (secondary N) is 1. The van der Waals surface area contributed by atoms with E-state index in [4.69, 9.17) is 0 Å². The fraction of sp³-hybridized carbons (Fsp3) is 0.333. The Kier molecular flexibility index (Phi) is 5.54. The molecule has 106 valence electrons. The van der Waals surface area contributed by atoms with Gasteiger partial charge in [0.2, 0.25) is 0 Å². The first-order valence-electron chi connectivity index (χ1n) is 7.22. The molecule has 2 aromatic rings. The molecule has 1 N–H and O–H groups in total. The summed E-state index contributed by atoms with van der Waals surface area (Å²) < 4.78 is 0. The van der Waals surface area contributed by atoms with E-state index in [0.29, 0.717) is 6.04 Å². The minimum absolute atomic E-state index is 0.322. The topological polar surface area (TPSA) is 12.0 Å². The Morgan fingerprint density at radius 2 is 1.65 bits per heavy atom. The third kappa shape index (κ3) is 4.04. The van der Waals surface area contributed by atoms with Crippen LogP contribution in [-0.2, 0) is 6.42 Å². The number of anilines is 1. The fourth-order valence-corrected chi connectivity index (χ4v) is 2.69. The Bertz CT molecular complexity index is 516. The Balaban J connectivity index is 2.00. The highest BCUT2D eigenvalue weighted by Gasteiger charge is 2.05. The van der Waals surface area contributed by atoms with Gasteiger partial charge in [-0.3, -0.25) is 0 Å². The van der Waals surface area contributed by atoms with Crippen LogP contribution in [-0.4, -0.2) is 6.26 Å². The van der Waals surface area contributed by atoms with Crippen molar-refractivity contribution in [2.24, 2.45) is 0 Å². The third-order valence-electron chi connectivity index (χ3n) is 3.49. The van der Waals surface area contributed by atoms with Crippen LogP contribution in [0.2, 0.25) is 0 Å². The van der Waals surface area contributed by atoms with E-state index < -0.39 is 0 Å². The van der Waals surface area contributed by atoms with Crippen LogP contribution in [0.4, 0.5) is 5.69 Å². The summed E-state index contributed by atoms with van der Waals surface area (Å²) in [6.07, 6.45) is 4.46. The molecule has 0 amide bonds. The van der Waals surface area contributed by atoms with Gasteiger partial charge >= 0.3 is 0 Å². The van der Waals surface area contributed by atoms with Crippen LogP contribution in [0.3, 0.4) is 0 Å². The van der Waals surface area contributed by atoms with E-state index in [-0.39, 0.29) is 0 Å². The molecule has 2 rings (SSSR count). The van der Waals surface area contributed by atoms with Crippen molar-refractivity contribution in [2.45, 2.75) is 37.6 Å². The molecule has 1 nitrogen and oxygen atoms in total. The minimum Gasteiger partial charge on any atom is -0.379 e. The highest BCUT2D eigenvalue weighted by Crippen LogP contribution is 2.22. The maximum absolute atomic E-state index is 3.56. The van der Waals surface area contributed by atoms with Gasteiger partial charge in [-0.05, 0) is 55.0 Å². The lowest BCUT2D eigenvalue weighted by Gasteiger charge is -2.16. The van der Waals surface area contributed by atoms with Crippen molar-refractivity contribution in [3.05, 3.63) is 59.7 Å². The second-order valence-electron chi connectivity index (χ2n) is 5.09. The maximum atomic E-state index is 3.56. The van der Waals surface area contributed by atoms with Crippen molar-refractivity contribution in [3.8, 4) is 0 Å². The van der Waals surface area contributed by atoms with Crippen LogP contribution in [0.5, 0.6) is 0 Å². The third-order valence-corrected chi connectivity index (χ3v) is 4.24. The molecule has 2 heteroatoms. The van der Waals surface area contributed by atoms with E-state index in [1.54, 1.807) is 11.8 Å². The lowest BCUT2D eigenvalue weighted by atomic mass is 10.1.